The van der Waals surface area contributed by atoms with Crippen LogP contribution in [0.15, 0.2) is 18.5 Å². The lowest BCUT2D eigenvalue weighted by molar-refractivity contribution is -0.121. The summed E-state index contributed by atoms with van der Waals surface area (Å²) in [5, 5.41) is 2.66. The molecular formula is C13H22N6O3S. The Morgan fingerprint density at radius 1 is 1.22 bits per heavy atom. The molecule has 1 aromatic rings. The highest BCUT2D eigenvalue weighted by Crippen LogP contribution is 2.12. The third kappa shape index (κ3) is 4.22. The van der Waals surface area contributed by atoms with Gasteiger partial charge in [0, 0.05) is 52.7 Å². The number of carbonyl (C=O) groups is 1. The molecule has 1 fully saturated rings. The number of aromatic nitrogens is 2. The van der Waals surface area contributed by atoms with Crippen molar-refractivity contribution in [1.29, 1.82) is 0 Å². The van der Waals surface area contributed by atoms with Crippen LogP contribution in [0.1, 0.15) is 6.92 Å². The Balaban J connectivity index is 1.91. The molecule has 9 nitrogen and oxygen atoms in total. The first-order chi connectivity index (χ1) is 10.8. The van der Waals surface area contributed by atoms with E-state index in [2.05, 4.69) is 15.3 Å². The van der Waals surface area contributed by atoms with Crippen molar-refractivity contribution in [3.63, 3.8) is 0 Å². The van der Waals surface area contributed by atoms with E-state index in [0.29, 0.717) is 26.2 Å². The lowest BCUT2D eigenvalue weighted by Crippen LogP contribution is -2.55. The van der Waals surface area contributed by atoms with Crippen LogP contribution >= 0.6 is 0 Å². The molecule has 1 aliphatic heterocycles. The second kappa shape index (κ2) is 7.30. The SMILES string of the molecule is CC(C(=O)Nc1ncccn1)N1CCN(S(=O)(=O)N(C)C)CC1. The number of carbonyl (C=O) groups excluding carboxylic acids is 1. The van der Waals surface area contributed by atoms with Crippen LogP contribution in [0.3, 0.4) is 0 Å². The summed E-state index contributed by atoms with van der Waals surface area (Å²) in [6.45, 7) is 3.50. The Bertz CT molecular complexity index is 628. The summed E-state index contributed by atoms with van der Waals surface area (Å²) < 4.78 is 26.8. The molecule has 1 amide bonds. The minimum atomic E-state index is -3.40. The van der Waals surface area contributed by atoms with Crippen LogP contribution in [0.5, 0.6) is 0 Å². The molecule has 1 N–H and O–H groups in total. The van der Waals surface area contributed by atoms with Crippen LogP contribution < -0.4 is 5.32 Å². The van der Waals surface area contributed by atoms with Crippen molar-refractivity contribution in [1.82, 2.24) is 23.5 Å². The van der Waals surface area contributed by atoms with Crippen molar-refractivity contribution < 1.29 is 13.2 Å². The predicted octanol–water partition coefficient (Wildman–Crippen LogP) is -0.772. The molecule has 2 rings (SSSR count). The summed E-state index contributed by atoms with van der Waals surface area (Å²) in [6, 6.07) is 1.28. The molecule has 1 aliphatic rings. The molecule has 23 heavy (non-hydrogen) atoms. The van der Waals surface area contributed by atoms with E-state index in [4.69, 9.17) is 0 Å². The zero-order chi connectivity index (χ0) is 17.0. The number of piperazine rings is 1. The minimum Gasteiger partial charge on any atom is -0.293 e. The average Bonchev–Trinajstić information content (AvgIpc) is 2.55. The van der Waals surface area contributed by atoms with Crippen LogP contribution in [0.4, 0.5) is 5.95 Å². The van der Waals surface area contributed by atoms with Gasteiger partial charge in [-0.2, -0.15) is 17.0 Å². The van der Waals surface area contributed by atoms with Gasteiger partial charge < -0.3 is 0 Å². The minimum absolute atomic E-state index is 0.208. The molecule has 0 radical (unpaired) electrons. The first kappa shape index (κ1) is 17.7. The van der Waals surface area contributed by atoms with Gasteiger partial charge in [-0.1, -0.05) is 0 Å². The van der Waals surface area contributed by atoms with Crippen LogP contribution in [-0.2, 0) is 15.0 Å². The van der Waals surface area contributed by atoms with Gasteiger partial charge >= 0.3 is 0 Å². The van der Waals surface area contributed by atoms with Gasteiger partial charge in [0.15, 0.2) is 0 Å². The quantitative estimate of drug-likeness (QED) is 0.754. The van der Waals surface area contributed by atoms with Gasteiger partial charge in [0.25, 0.3) is 10.2 Å². The summed E-state index contributed by atoms with van der Waals surface area (Å²) in [6.07, 6.45) is 3.11. The fraction of sp³-hybridized carbons (Fsp3) is 0.615. The number of hydrogen-bond donors (Lipinski definition) is 1. The lowest BCUT2D eigenvalue weighted by Gasteiger charge is -2.37. The third-order valence-corrected chi connectivity index (χ3v) is 5.73. The van der Waals surface area contributed by atoms with E-state index >= 15 is 0 Å². The number of hydrogen-bond acceptors (Lipinski definition) is 6. The van der Waals surface area contributed by atoms with E-state index in [9.17, 15) is 13.2 Å². The van der Waals surface area contributed by atoms with E-state index in [-0.39, 0.29) is 17.9 Å². The van der Waals surface area contributed by atoms with Crippen molar-refractivity contribution in [2.75, 3.05) is 45.6 Å². The van der Waals surface area contributed by atoms with Crippen LogP contribution in [0.25, 0.3) is 0 Å². The van der Waals surface area contributed by atoms with Crippen molar-refractivity contribution in [3.8, 4) is 0 Å². The number of rotatable bonds is 5. The Morgan fingerprint density at radius 2 is 1.78 bits per heavy atom. The van der Waals surface area contributed by atoms with E-state index in [0.717, 1.165) is 0 Å². The second-order valence-corrected chi connectivity index (χ2v) is 7.61. The molecule has 0 saturated carbocycles. The number of nitrogens with zero attached hydrogens (tertiary/aromatic N) is 5. The average molecular weight is 342 g/mol. The number of nitrogens with one attached hydrogen (secondary N) is 1. The highest BCUT2D eigenvalue weighted by Gasteiger charge is 2.31. The van der Waals surface area contributed by atoms with Gasteiger partial charge in [-0.05, 0) is 13.0 Å². The van der Waals surface area contributed by atoms with Gasteiger partial charge in [-0.15, -0.1) is 0 Å². The summed E-state index contributed by atoms with van der Waals surface area (Å²) in [5.74, 6) is 0.0540. The smallest absolute Gasteiger partial charge is 0.281 e. The highest BCUT2D eigenvalue weighted by molar-refractivity contribution is 7.86. The standard InChI is InChI=1S/C13H22N6O3S/c1-11(12(20)16-13-14-5-4-6-15-13)18-7-9-19(10-8-18)23(21,22)17(2)3/h4-6,11H,7-10H2,1-3H3,(H,14,15,16,20). The third-order valence-electron chi connectivity index (χ3n) is 3.79. The summed E-state index contributed by atoms with van der Waals surface area (Å²) in [4.78, 5) is 22.1. The largest absolute Gasteiger partial charge is 0.293 e. The van der Waals surface area contributed by atoms with Gasteiger partial charge in [0.2, 0.25) is 11.9 Å². The Labute approximate surface area is 136 Å². The molecule has 128 valence electrons. The Hall–Kier alpha value is -1.62. The number of anilines is 1. The molecular weight excluding hydrogens is 320 g/mol. The van der Waals surface area contributed by atoms with Crippen molar-refractivity contribution in [2.45, 2.75) is 13.0 Å². The summed E-state index contributed by atoms with van der Waals surface area (Å²) in [5.41, 5.74) is 0. The van der Waals surface area contributed by atoms with E-state index in [1.54, 1.807) is 25.4 Å². The maximum absolute atomic E-state index is 12.2. The molecule has 1 aromatic heterocycles. The first-order valence-corrected chi connectivity index (χ1v) is 8.71. The zero-order valence-electron chi connectivity index (χ0n) is 13.5. The molecule has 10 heteroatoms. The molecule has 2 heterocycles. The molecule has 1 saturated heterocycles. The maximum atomic E-state index is 12.2. The maximum Gasteiger partial charge on any atom is 0.281 e. The summed E-state index contributed by atoms with van der Waals surface area (Å²) >= 11 is 0. The molecule has 1 unspecified atom stereocenters. The topological polar surface area (TPSA) is 98.7 Å². The lowest BCUT2D eigenvalue weighted by atomic mass is 10.2. The molecule has 0 aliphatic carbocycles. The molecule has 1 atom stereocenters. The summed E-state index contributed by atoms with van der Waals surface area (Å²) in [7, 11) is -0.375. The molecule has 0 spiro atoms. The number of amides is 1. The highest BCUT2D eigenvalue weighted by atomic mass is 32.2. The Kier molecular flexibility index (Phi) is 5.63. The van der Waals surface area contributed by atoms with Gasteiger partial charge in [-0.25, -0.2) is 9.97 Å². The monoisotopic (exact) mass is 342 g/mol. The van der Waals surface area contributed by atoms with E-state index in [1.807, 2.05) is 4.90 Å². The van der Waals surface area contributed by atoms with Crippen molar-refractivity contribution >= 4 is 22.1 Å². The molecule has 0 bridgehead atoms. The second-order valence-electron chi connectivity index (χ2n) is 5.46. The van der Waals surface area contributed by atoms with E-state index < -0.39 is 10.2 Å². The van der Waals surface area contributed by atoms with Gasteiger partial charge in [0.1, 0.15) is 0 Å². The first-order valence-electron chi connectivity index (χ1n) is 7.32. The normalized spacial score (nSPS) is 18.8. The van der Waals surface area contributed by atoms with Crippen LogP contribution in [0.2, 0.25) is 0 Å². The predicted molar refractivity (Wildman–Crippen MR) is 85.9 cm³/mol. The van der Waals surface area contributed by atoms with Gasteiger partial charge in [-0.3, -0.25) is 15.0 Å². The fourth-order valence-electron chi connectivity index (χ4n) is 2.30. The fourth-order valence-corrected chi connectivity index (χ4v) is 3.38. The zero-order valence-corrected chi connectivity index (χ0v) is 14.3. The molecule has 0 aromatic carbocycles. The van der Waals surface area contributed by atoms with Crippen LogP contribution in [-0.4, -0.2) is 84.1 Å². The Morgan fingerprint density at radius 3 is 2.30 bits per heavy atom. The van der Waals surface area contributed by atoms with Crippen LogP contribution in [0, 0.1) is 0 Å². The van der Waals surface area contributed by atoms with Crippen molar-refractivity contribution in [3.05, 3.63) is 18.5 Å². The van der Waals surface area contributed by atoms with Crippen molar-refractivity contribution in [2.24, 2.45) is 0 Å². The van der Waals surface area contributed by atoms with E-state index in [1.165, 1.54) is 22.7 Å². The van der Waals surface area contributed by atoms with Gasteiger partial charge in [0.05, 0.1) is 6.04 Å².